The third kappa shape index (κ3) is 4.57. The number of benzene rings is 1. The van der Waals surface area contributed by atoms with Crippen molar-refractivity contribution in [3.05, 3.63) is 29.6 Å². The standard InChI is InChI=1S/C13H17FN2O3/c1-2-8(5-12(17)18)7-16-13(19)10-4-3-9(15)6-11(10)14/h3-4,6,8H,2,5,7,15H2,1H3,(H,16,19)(H,17,18). The van der Waals surface area contributed by atoms with E-state index < -0.39 is 17.7 Å². The quantitative estimate of drug-likeness (QED) is 0.684. The number of rotatable bonds is 6. The summed E-state index contributed by atoms with van der Waals surface area (Å²) in [7, 11) is 0. The molecule has 0 aromatic heterocycles. The summed E-state index contributed by atoms with van der Waals surface area (Å²) in [5.41, 5.74) is 5.53. The molecule has 6 heteroatoms. The Labute approximate surface area is 110 Å². The monoisotopic (exact) mass is 268 g/mol. The first kappa shape index (κ1) is 14.9. The van der Waals surface area contributed by atoms with Gasteiger partial charge in [-0.05, 0) is 24.1 Å². The van der Waals surface area contributed by atoms with E-state index in [1.54, 1.807) is 0 Å². The number of nitrogens with two attached hydrogens (primary N) is 1. The van der Waals surface area contributed by atoms with Crippen LogP contribution in [0.25, 0.3) is 0 Å². The van der Waals surface area contributed by atoms with Gasteiger partial charge in [-0.15, -0.1) is 0 Å². The van der Waals surface area contributed by atoms with E-state index in [2.05, 4.69) is 5.32 Å². The lowest BCUT2D eigenvalue weighted by atomic mass is 10.0. The SMILES string of the molecule is CCC(CNC(=O)c1ccc(N)cc1F)CC(=O)O. The summed E-state index contributed by atoms with van der Waals surface area (Å²) in [6.07, 6.45) is 0.595. The molecular weight excluding hydrogens is 251 g/mol. The highest BCUT2D eigenvalue weighted by atomic mass is 19.1. The number of anilines is 1. The van der Waals surface area contributed by atoms with Crippen molar-refractivity contribution in [2.24, 2.45) is 5.92 Å². The normalized spacial score (nSPS) is 11.9. The first-order valence-corrected chi connectivity index (χ1v) is 5.99. The highest BCUT2D eigenvalue weighted by molar-refractivity contribution is 5.94. The van der Waals surface area contributed by atoms with Gasteiger partial charge in [-0.1, -0.05) is 13.3 Å². The lowest BCUT2D eigenvalue weighted by Gasteiger charge is -2.13. The van der Waals surface area contributed by atoms with Crippen LogP contribution in [-0.2, 0) is 4.79 Å². The zero-order valence-electron chi connectivity index (χ0n) is 10.6. The molecule has 0 heterocycles. The van der Waals surface area contributed by atoms with Crippen molar-refractivity contribution in [3.8, 4) is 0 Å². The molecule has 1 unspecified atom stereocenters. The Hall–Kier alpha value is -2.11. The number of nitrogens with one attached hydrogen (secondary N) is 1. The van der Waals surface area contributed by atoms with Crippen LogP contribution in [-0.4, -0.2) is 23.5 Å². The number of nitrogen functional groups attached to an aromatic ring is 1. The fourth-order valence-corrected chi connectivity index (χ4v) is 1.66. The van der Waals surface area contributed by atoms with E-state index >= 15 is 0 Å². The minimum atomic E-state index is -0.917. The molecular formula is C13H17FN2O3. The maximum Gasteiger partial charge on any atom is 0.303 e. The van der Waals surface area contributed by atoms with E-state index in [0.717, 1.165) is 6.07 Å². The molecule has 4 N–H and O–H groups in total. The summed E-state index contributed by atoms with van der Waals surface area (Å²) in [5.74, 6) is -2.34. The number of hydrogen-bond donors (Lipinski definition) is 3. The summed E-state index contributed by atoms with van der Waals surface area (Å²) in [5, 5.41) is 11.2. The van der Waals surface area contributed by atoms with Crippen molar-refractivity contribution in [2.75, 3.05) is 12.3 Å². The molecule has 0 radical (unpaired) electrons. The highest BCUT2D eigenvalue weighted by Gasteiger charge is 2.15. The molecule has 0 bridgehead atoms. The lowest BCUT2D eigenvalue weighted by molar-refractivity contribution is -0.138. The molecule has 104 valence electrons. The van der Waals surface area contributed by atoms with E-state index in [4.69, 9.17) is 10.8 Å². The molecule has 1 amide bonds. The lowest BCUT2D eigenvalue weighted by Crippen LogP contribution is -2.30. The first-order valence-electron chi connectivity index (χ1n) is 5.99. The maximum absolute atomic E-state index is 13.5. The van der Waals surface area contributed by atoms with Crippen molar-refractivity contribution in [3.63, 3.8) is 0 Å². The van der Waals surface area contributed by atoms with E-state index in [1.165, 1.54) is 12.1 Å². The Morgan fingerprint density at radius 3 is 2.68 bits per heavy atom. The summed E-state index contributed by atoms with van der Waals surface area (Å²) in [6, 6.07) is 3.81. The predicted molar refractivity (Wildman–Crippen MR) is 69.2 cm³/mol. The average Bonchev–Trinajstić information content (AvgIpc) is 2.33. The molecule has 0 aliphatic rings. The number of carbonyl (C=O) groups is 2. The van der Waals surface area contributed by atoms with Gasteiger partial charge >= 0.3 is 5.97 Å². The van der Waals surface area contributed by atoms with Crippen LogP contribution in [0, 0.1) is 11.7 Å². The molecule has 19 heavy (non-hydrogen) atoms. The molecule has 1 aromatic rings. The van der Waals surface area contributed by atoms with Crippen LogP contribution in [0.2, 0.25) is 0 Å². The van der Waals surface area contributed by atoms with Crippen molar-refractivity contribution >= 4 is 17.6 Å². The first-order chi connectivity index (χ1) is 8.93. The predicted octanol–water partition coefficient (Wildman–Crippen LogP) is 1.64. The fourth-order valence-electron chi connectivity index (χ4n) is 1.66. The Balaban J connectivity index is 2.61. The Morgan fingerprint density at radius 2 is 2.16 bits per heavy atom. The molecule has 1 atom stereocenters. The maximum atomic E-state index is 13.5. The average molecular weight is 268 g/mol. The van der Waals surface area contributed by atoms with Gasteiger partial charge in [0.1, 0.15) is 5.82 Å². The van der Waals surface area contributed by atoms with Crippen molar-refractivity contribution in [1.82, 2.24) is 5.32 Å². The minimum absolute atomic E-state index is 0.0268. The third-order valence-electron chi connectivity index (χ3n) is 2.83. The second kappa shape index (κ2) is 6.72. The number of carboxylic acid groups (broad SMARTS) is 1. The molecule has 0 aliphatic heterocycles. The van der Waals surface area contributed by atoms with Gasteiger partial charge in [-0.2, -0.15) is 0 Å². The topological polar surface area (TPSA) is 92.4 Å². The summed E-state index contributed by atoms with van der Waals surface area (Å²) in [6.45, 7) is 2.04. The molecule has 0 fully saturated rings. The Bertz CT molecular complexity index is 477. The van der Waals surface area contributed by atoms with Gasteiger partial charge in [0.15, 0.2) is 0 Å². The minimum Gasteiger partial charge on any atom is -0.481 e. The van der Waals surface area contributed by atoms with E-state index in [1.807, 2.05) is 6.92 Å². The summed E-state index contributed by atoms with van der Waals surface area (Å²) >= 11 is 0. The van der Waals surface area contributed by atoms with Crippen LogP contribution >= 0.6 is 0 Å². The van der Waals surface area contributed by atoms with Gasteiger partial charge in [0, 0.05) is 18.7 Å². The summed E-state index contributed by atoms with van der Waals surface area (Å²) in [4.78, 5) is 22.3. The van der Waals surface area contributed by atoms with E-state index in [9.17, 15) is 14.0 Å². The van der Waals surface area contributed by atoms with E-state index in [-0.39, 0.29) is 30.1 Å². The van der Waals surface area contributed by atoms with Crippen LogP contribution in [0.15, 0.2) is 18.2 Å². The van der Waals surface area contributed by atoms with Crippen LogP contribution in [0.3, 0.4) is 0 Å². The second-order valence-electron chi connectivity index (χ2n) is 4.32. The second-order valence-corrected chi connectivity index (χ2v) is 4.32. The zero-order valence-corrected chi connectivity index (χ0v) is 10.6. The van der Waals surface area contributed by atoms with Crippen LogP contribution in [0.5, 0.6) is 0 Å². The molecule has 1 rings (SSSR count). The van der Waals surface area contributed by atoms with E-state index in [0.29, 0.717) is 6.42 Å². The van der Waals surface area contributed by atoms with Gasteiger partial charge in [-0.3, -0.25) is 9.59 Å². The highest BCUT2D eigenvalue weighted by Crippen LogP contribution is 2.12. The van der Waals surface area contributed by atoms with Crippen molar-refractivity contribution in [1.29, 1.82) is 0 Å². The van der Waals surface area contributed by atoms with Crippen molar-refractivity contribution in [2.45, 2.75) is 19.8 Å². The number of hydrogen-bond acceptors (Lipinski definition) is 3. The number of halogens is 1. The molecule has 0 spiro atoms. The molecule has 0 saturated carbocycles. The molecule has 1 aromatic carbocycles. The smallest absolute Gasteiger partial charge is 0.303 e. The zero-order chi connectivity index (χ0) is 14.4. The van der Waals surface area contributed by atoms with Crippen LogP contribution < -0.4 is 11.1 Å². The number of carbonyl (C=O) groups excluding carboxylic acids is 1. The summed E-state index contributed by atoms with van der Waals surface area (Å²) < 4.78 is 13.5. The van der Waals surface area contributed by atoms with Gasteiger partial charge < -0.3 is 16.2 Å². The van der Waals surface area contributed by atoms with Gasteiger partial charge in [0.2, 0.25) is 0 Å². The largest absolute Gasteiger partial charge is 0.481 e. The number of aliphatic carboxylic acids is 1. The Kier molecular flexibility index (Phi) is 5.29. The van der Waals surface area contributed by atoms with Gasteiger partial charge in [0.25, 0.3) is 5.91 Å². The number of amides is 1. The van der Waals surface area contributed by atoms with Gasteiger partial charge in [-0.25, -0.2) is 4.39 Å². The van der Waals surface area contributed by atoms with Crippen molar-refractivity contribution < 1.29 is 19.1 Å². The van der Waals surface area contributed by atoms with Gasteiger partial charge in [0.05, 0.1) is 5.56 Å². The third-order valence-corrected chi connectivity index (χ3v) is 2.83. The van der Waals surface area contributed by atoms with Crippen LogP contribution in [0.4, 0.5) is 10.1 Å². The molecule has 0 aliphatic carbocycles. The Morgan fingerprint density at radius 1 is 1.47 bits per heavy atom. The fraction of sp³-hybridized carbons (Fsp3) is 0.385. The molecule has 5 nitrogen and oxygen atoms in total. The number of carboxylic acids is 1. The molecule has 0 saturated heterocycles. The van der Waals surface area contributed by atoms with Crippen LogP contribution in [0.1, 0.15) is 30.1 Å².